The van der Waals surface area contributed by atoms with Crippen molar-refractivity contribution >= 4 is 6.29 Å². The average Bonchev–Trinajstić information content (AvgIpc) is 2.46. The molecule has 2 aliphatic carbocycles. The number of aldehydes is 1. The van der Waals surface area contributed by atoms with Crippen LogP contribution in [0, 0.1) is 28.6 Å². The number of aliphatic hydroxyl groups excluding tert-OH is 1. The van der Waals surface area contributed by atoms with Crippen molar-refractivity contribution in [3.63, 3.8) is 0 Å². The molecule has 2 rings (SSSR count). The minimum atomic E-state index is -0.625. The van der Waals surface area contributed by atoms with Gasteiger partial charge in [-0.3, -0.25) is 0 Å². The predicted octanol–water partition coefficient (Wildman–Crippen LogP) is 3.96. The summed E-state index contributed by atoms with van der Waals surface area (Å²) >= 11 is 0. The molecule has 0 aromatic heterocycles. The maximum Gasteiger partial charge on any atom is 0.120 e. The molecule has 134 valence electrons. The fourth-order valence-electron chi connectivity index (χ4n) is 6.00. The summed E-state index contributed by atoms with van der Waals surface area (Å²) in [7, 11) is 0. The Kier molecular flexibility index (Phi) is 5.62. The standard InChI is InChI=1S/C20H36O3/c1-15(9-13-21)6-7-17-19(3)11-5-10-18(2,14-22)16(19)8-12-20(17,4)23/h13,15-17,22-23H,5-12,14H2,1-4H3. The van der Waals surface area contributed by atoms with Gasteiger partial charge in [-0.2, -0.15) is 0 Å². The molecule has 0 aromatic carbocycles. The van der Waals surface area contributed by atoms with Crippen LogP contribution in [0.25, 0.3) is 0 Å². The number of hydrogen-bond acceptors (Lipinski definition) is 3. The Bertz CT molecular complexity index is 419. The van der Waals surface area contributed by atoms with Crippen LogP contribution in [-0.4, -0.2) is 28.7 Å². The zero-order valence-electron chi connectivity index (χ0n) is 15.5. The van der Waals surface area contributed by atoms with Crippen LogP contribution in [0.1, 0.15) is 79.1 Å². The van der Waals surface area contributed by atoms with Gasteiger partial charge in [0.05, 0.1) is 5.60 Å². The van der Waals surface area contributed by atoms with E-state index in [0.717, 1.165) is 51.2 Å². The molecule has 23 heavy (non-hydrogen) atoms. The Balaban J connectivity index is 2.23. The molecular formula is C20H36O3. The highest BCUT2D eigenvalue weighted by atomic mass is 16.3. The largest absolute Gasteiger partial charge is 0.396 e. The molecule has 2 saturated carbocycles. The molecule has 2 N–H and O–H groups in total. The van der Waals surface area contributed by atoms with Gasteiger partial charge in [-0.05, 0) is 74.0 Å². The average molecular weight is 325 g/mol. The lowest BCUT2D eigenvalue weighted by Crippen LogP contribution is -2.58. The lowest BCUT2D eigenvalue weighted by molar-refractivity contribution is -0.180. The lowest BCUT2D eigenvalue weighted by atomic mass is 9.45. The number of rotatable bonds is 6. The smallest absolute Gasteiger partial charge is 0.120 e. The second kappa shape index (κ2) is 6.84. The van der Waals surface area contributed by atoms with Crippen LogP contribution in [0.15, 0.2) is 0 Å². The first-order valence-corrected chi connectivity index (χ1v) is 9.46. The zero-order chi connectivity index (χ0) is 17.3. The predicted molar refractivity (Wildman–Crippen MR) is 93.1 cm³/mol. The molecule has 0 heterocycles. The van der Waals surface area contributed by atoms with Crippen molar-refractivity contribution in [2.24, 2.45) is 28.6 Å². The van der Waals surface area contributed by atoms with Crippen LogP contribution >= 0.6 is 0 Å². The van der Waals surface area contributed by atoms with Crippen LogP contribution in [0.3, 0.4) is 0 Å². The molecule has 6 unspecified atom stereocenters. The van der Waals surface area contributed by atoms with E-state index < -0.39 is 5.60 Å². The SMILES string of the molecule is CC(CC=O)CCC1C(C)(O)CCC2C(C)(CO)CCCC12C. The van der Waals surface area contributed by atoms with Crippen molar-refractivity contribution in [3.05, 3.63) is 0 Å². The van der Waals surface area contributed by atoms with Crippen molar-refractivity contribution in [1.29, 1.82) is 0 Å². The summed E-state index contributed by atoms with van der Waals surface area (Å²) in [5.41, 5.74) is -0.533. The molecule has 0 spiro atoms. The number of fused-ring (bicyclic) bond motifs is 1. The number of aliphatic hydroxyl groups is 2. The van der Waals surface area contributed by atoms with Gasteiger partial charge >= 0.3 is 0 Å². The highest BCUT2D eigenvalue weighted by Crippen LogP contribution is 2.63. The number of hydrogen-bond donors (Lipinski definition) is 2. The molecule has 6 atom stereocenters. The quantitative estimate of drug-likeness (QED) is 0.727. The monoisotopic (exact) mass is 324 g/mol. The first kappa shape index (κ1) is 18.9. The van der Waals surface area contributed by atoms with Crippen molar-refractivity contribution in [2.75, 3.05) is 6.61 Å². The Labute approximate surface area is 141 Å². The van der Waals surface area contributed by atoms with Gasteiger partial charge in [-0.15, -0.1) is 0 Å². The van der Waals surface area contributed by atoms with Crippen LogP contribution < -0.4 is 0 Å². The van der Waals surface area contributed by atoms with Crippen LogP contribution in [0.5, 0.6) is 0 Å². The Morgan fingerprint density at radius 1 is 1.22 bits per heavy atom. The van der Waals surface area contributed by atoms with Gasteiger partial charge in [0.25, 0.3) is 0 Å². The zero-order valence-corrected chi connectivity index (χ0v) is 15.5. The molecule has 2 aliphatic rings. The molecule has 0 radical (unpaired) electrons. The second-order valence-electron chi connectivity index (χ2n) is 9.26. The van der Waals surface area contributed by atoms with Gasteiger partial charge in [0.2, 0.25) is 0 Å². The van der Waals surface area contributed by atoms with Crippen molar-refractivity contribution < 1.29 is 15.0 Å². The summed E-state index contributed by atoms with van der Waals surface area (Å²) < 4.78 is 0. The van der Waals surface area contributed by atoms with E-state index in [1.54, 1.807) is 0 Å². The van der Waals surface area contributed by atoms with Gasteiger partial charge < -0.3 is 15.0 Å². The third kappa shape index (κ3) is 3.51. The maximum atomic E-state index is 11.1. The van der Waals surface area contributed by atoms with E-state index in [2.05, 4.69) is 20.8 Å². The minimum Gasteiger partial charge on any atom is -0.396 e. The minimum absolute atomic E-state index is 0.00381. The van der Waals surface area contributed by atoms with Gasteiger partial charge in [0, 0.05) is 13.0 Å². The van der Waals surface area contributed by atoms with E-state index in [1.165, 1.54) is 0 Å². The normalized spacial score (nSPS) is 45.3. The highest BCUT2D eigenvalue weighted by Gasteiger charge is 2.58. The topological polar surface area (TPSA) is 57.5 Å². The molecule has 0 amide bonds. The van der Waals surface area contributed by atoms with E-state index >= 15 is 0 Å². The summed E-state index contributed by atoms with van der Waals surface area (Å²) in [6, 6.07) is 0. The second-order valence-corrected chi connectivity index (χ2v) is 9.26. The van der Waals surface area contributed by atoms with Crippen LogP contribution in [0.4, 0.5) is 0 Å². The Hall–Kier alpha value is -0.410. The van der Waals surface area contributed by atoms with E-state index in [1.807, 2.05) is 6.92 Å². The van der Waals surface area contributed by atoms with E-state index in [0.29, 0.717) is 18.3 Å². The summed E-state index contributed by atoms with van der Waals surface area (Å²) in [5.74, 6) is 1.13. The van der Waals surface area contributed by atoms with E-state index in [4.69, 9.17) is 0 Å². The summed E-state index contributed by atoms with van der Waals surface area (Å²) in [6.07, 6.45) is 8.84. The van der Waals surface area contributed by atoms with Gasteiger partial charge in [-0.1, -0.05) is 27.2 Å². The molecule has 0 saturated heterocycles. The first-order chi connectivity index (χ1) is 10.7. The van der Waals surface area contributed by atoms with E-state index in [-0.39, 0.29) is 23.4 Å². The summed E-state index contributed by atoms with van der Waals surface area (Å²) in [6.45, 7) is 8.98. The highest BCUT2D eigenvalue weighted by molar-refractivity contribution is 5.49. The Morgan fingerprint density at radius 3 is 2.52 bits per heavy atom. The summed E-state index contributed by atoms with van der Waals surface area (Å²) in [5, 5.41) is 21.1. The molecular weight excluding hydrogens is 288 g/mol. The maximum absolute atomic E-state index is 11.1. The molecule has 3 heteroatoms. The van der Waals surface area contributed by atoms with Gasteiger partial charge in [-0.25, -0.2) is 0 Å². The molecule has 2 fully saturated rings. The van der Waals surface area contributed by atoms with Crippen molar-refractivity contribution in [1.82, 2.24) is 0 Å². The third-order valence-electron chi connectivity index (χ3n) is 7.39. The van der Waals surface area contributed by atoms with Crippen LogP contribution in [0.2, 0.25) is 0 Å². The molecule has 3 nitrogen and oxygen atoms in total. The van der Waals surface area contributed by atoms with Crippen molar-refractivity contribution in [2.45, 2.75) is 84.7 Å². The molecule has 0 aromatic rings. The summed E-state index contributed by atoms with van der Waals surface area (Å²) in [4.78, 5) is 10.7. The Morgan fingerprint density at radius 2 is 1.91 bits per heavy atom. The fraction of sp³-hybridized carbons (Fsp3) is 0.950. The van der Waals surface area contributed by atoms with Gasteiger partial charge in [0.1, 0.15) is 6.29 Å². The molecule has 0 bridgehead atoms. The van der Waals surface area contributed by atoms with Crippen molar-refractivity contribution in [3.8, 4) is 0 Å². The number of carbonyl (C=O) groups excluding carboxylic acids is 1. The fourth-order valence-corrected chi connectivity index (χ4v) is 6.00. The third-order valence-corrected chi connectivity index (χ3v) is 7.39. The number of carbonyl (C=O) groups is 1. The van der Waals surface area contributed by atoms with E-state index in [9.17, 15) is 15.0 Å². The van der Waals surface area contributed by atoms with Gasteiger partial charge in [0.15, 0.2) is 0 Å². The lowest BCUT2D eigenvalue weighted by Gasteiger charge is -2.61. The molecule has 0 aliphatic heterocycles. The first-order valence-electron chi connectivity index (χ1n) is 9.46. The van der Waals surface area contributed by atoms with Crippen LogP contribution in [-0.2, 0) is 4.79 Å².